The van der Waals surface area contributed by atoms with E-state index in [0.29, 0.717) is 24.2 Å². The smallest absolute Gasteiger partial charge is 0.345 e. The lowest BCUT2D eigenvalue weighted by molar-refractivity contribution is -0.141. The van der Waals surface area contributed by atoms with Gasteiger partial charge in [0.05, 0.1) is 7.11 Å². The maximum Gasteiger partial charge on any atom is 0.345 e. The molecule has 1 atom stereocenters. The molecule has 1 aliphatic heterocycles. The fraction of sp³-hybridized carbons (Fsp3) is 0.579. The summed E-state index contributed by atoms with van der Waals surface area (Å²) in [4.78, 5) is 23.0. The second kappa shape index (κ2) is 6.93. The van der Waals surface area contributed by atoms with Crippen molar-refractivity contribution >= 4 is 11.9 Å². The van der Waals surface area contributed by atoms with Gasteiger partial charge in [-0.1, -0.05) is 33.8 Å². The van der Waals surface area contributed by atoms with Crippen LogP contribution in [0.2, 0.25) is 0 Å². The normalized spacial score (nSPS) is 17.0. The first-order valence-electron chi connectivity index (χ1n) is 8.32. The Morgan fingerprint density at radius 2 is 2.04 bits per heavy atom. The van der Waals surface area contributed by atoms with Crippen molar-refractivity contribution < 1.29 is 24.2 Å². The Kier molecular flexibility index (Phi) is 5.33. The van der Waals surface area contributed by atoms with Gasteiger partial charge in [0.1, 0.15) is 5.75 Å². The third kappa shape index (κ3) is 3.61. The number of benzene rings is 1. The van der Waals surface area contributed by atoms with E-state index in [0.717, 1.165) is 17.5 Å². The molecular formula is C19H26O5. The number of hydrogen-bond donors (Lipinski definition) is 1. The zero-order valence-corrected chi connectivity index (χ0v) is 15.0. The van der Waals surface area contributed by atoms with Gasteiger partial charge in [0.2, 0.25) is 0 Å². The molecule has 0 spiro atoms. The van der Waals surface area contributed by atoms with Crippen LogP contribution in [0.5, 0.6) is 5.75 Å². The lowest BCUT2D eigenvalue weighted by Crippen LogP contribution is -2.19. The Hall–Kier alpha value is -1.88. The van der Waals surface area contributed by atoms with Crippen molar-refractivity contribution in [2.45, 2.75) is 64.4 Å². The molecule has 0 saturated carbocycles. The van der Waals surface area contributed by atoms with Crippen LogP contribution < -0.4 is 4.74 Å². The van der Waals surface area contributed by atoms with Crippen LogP contribution >= 0.6 is 0 Å². The van der Waals surface area contributed by atoms with Crippen molar-refractivity contribution in [1.82, 2.24) is 0 Å². The Balaban J connectivity index is 2.32. The third-order valence-corrected chi connectivity index (χ3v) is 4.68. The maximum atomic E-state index is 11.7. The number of aliphatic hydroxyl groups excluding tert-OH is 1. The number of esters is 2. The van der Waals surface area contributed by atoms with Gasteiger partial charge in [0.25, 0.3) is 0 Å². The van der Waals surface area contributed by atoms with E-state index in [1.165, 1.54) is 7.11 Å². The summed E-state index contributed by atoms with van der Waals surface area (Å²) in [5.74, 6) is -0.163. The molecule has 0 bridgehead atoms. The molecule has 0 radical (unpaired) electrons. The van der Waals surface area contributed by atoms with Crippen LogP contribution in [0, 0.1) is 0 Å². The molecule has 1 unspecified atom stereocenters. The van der Waals surface area contributed by atoms with E-state index in [4.69, 9.17) is 4.74 Å². The van der Waals surface area contributed by atoms with Gasteiger partial charge in [-0.3, -0.25) is 4.79 Å². The summed E-state index contributed by atoms with van der Waals surface area (Å²) in [6, 6.07) is 3.90. The second-order valence-electron chi connectivity index (χ2n) is 7.28. The molecule has 1 aromatic rings. The number of carbonyl (C=O) groups excluding carboxylic acids is 2. The van der Waals surface area contributed by atoms with E-state index in [1.54, 1.807) is 0 Å². The van der Waals surface area contributed by atoms with E-state index in [1.807, 2.05) is 26.0 Å². The minimum atomic E-state index is -1.22. The van der Waals surface area contributed by atoms with Gasteiger partial charge in [0.15, 0.2) is 6.10 Å². The number of ether oxygens (including phenoxy) is 2. The molecule has 0 aromatic heterocycles. The van der Waals surface area contributed by atoms with Crippen LogP contribution in [0.15, 0.2) is 12.1 Å². The van der Waals surface area contributed by atoms with Gasteiger partial charge in [-0.25, -0.2) is 4.79 Å². The fourth-order valence-corrected chi connectivity index (χ4v) is 3.02. The summed E-state index contributed by atoms with van der Waals surface area (Å²) in [6.45, 7) is 8.25. The Morgan fingerprint density at radius 3 is 2.62 bits per heavy atom. The first-order chi connectivity index (χ1) is 11.2. The predicted octanol–water partition coefficient (Wildman–Crippen LogP) is 3.38. The lowest BCUT2D eigenvalue weighted by atomic mass is 9.77. The van der Waals surface area contributed by atoms with Crippen LogP contribution in [0.3, 0.4) is 0 Å². The number of methoxy groups -OCH3 is 1. The van der Waals surface area contributed by atoms with Gasteiger partial charge >= 0.3 is 11.9 Å². The fourth-order valence-electron chi connectivity index (χ4n) is 3.02. The summed E-state index contributed by atoms with van der Waals surface area (Å²) in [6.07, 6.45) is 0.671. The van der Waals surface area contributed by atoms with E-state index in [9.17, 15) is 14.7 Å². The van der Waals surface area contributed by atoms with Crippen molar-refractivity contribution in [2.24, 2.45) is 0 Å². The largest absolute Gasteiger partial charge is 0.469 e. The van der Waals surface area contributed by atoms with Gasteiger partial charge in [-0.15, -0.1) is 0 Å². The molecule has 24 heavy (non-hydrogen) atoms. The number of fused-ring (bicyclic) bond motifs is 1. The molecule has 0 fully saturated rings. The van der Waals surface area contributed by atoms with E-state index < -0.39 is 12.1 Å². The average molecular weight is 334 g/mol. The van der Waals surface area contributed by atoms with Crippen LogP contribution in [-0.4, -0.2) is 24.2 Å². The maximum absolute atomic E-state index is 11.7. The highest BCUT2D eigenvalue weighted by Gasteiger charge is 2.36. The van der Waals surface area contributed by atoms with Gasteiger partial charge < -0.3 is 14.6 Å². The molecule has 0 saturated heterocycles. The third-order valence-electron chi connectivity index (χ3n) is 4.68. The summed E-state index contributed by atoms with van der Waals surface area (Å²) >= 11 is 0. The summed E-state index contributed by atoms with van der Waals surface area (Å²) in [7, 11) is 1.39. The van der Waals surface area contributed by atoms with Gasteiger partial charge in [-0.05, 0) is 41.4 Å². The quantitative estimate of drug-likeness (QED) is 0.638. The summed E-state index contributed by atoms with van der Waals surface area (Å²) in [5.41, 5.74) is 2.31. The molecular weight excluding hydrogens is 308 g/mol. The topological polar surface area (TPSA) is 72.8 Å². The summed E-state index contributed by atoms with van der Waals surface area (Å²) in [5, 5.41) is 10.1. The van der Waals surface area contributed by atoms with Crippen molar-refractivity contribution in [2.75, 3.05) is 7.11 Å². The molecule has 0 amide bonds. The molecule has 5 heteroatoms. The number of hydrogen-bond acceptors (Lipinski definition) is 5. The van der Waals surface area contributed by atoms with Crippen LogP contribution in [0.1, 0.15) is 75.7 Å². The Bertz CT molecular complexity index is 645. The number of aliphatic hydroxyl groups is 1. The SMILES string of the molecule is COC(=O)CCCC(C)(C)c1cc(C(C)C)c2c(c1)C(O)C(=O)O2. The highest BCUT2D eigenvalue weighted by Crippen LogP contribution is 2.43. The van der Waals surface area contributed by atoms with Crippen molar-refractivity contribution in [3.63, 3.8) is 0 Å². The monoisotopic (exact) mass is 334 g/mol. The molecule has 0 aliphatic carbocycles. The minimum absolute atomic E-state index is 0.169. The van der Waals surface area contributed by atoms with Crippen LogP contribution in [0.4, 0.5) is 0 Å². The van der Waals surface area contributed by atoms with Crippen LogP contribution in [-0.2, 0) is 19.7 Å². The highest BCUT2D eigenvalue weighted by atomic mass is 16.6. The average Bonchev–Trinajstić information content (AvgIpc) is 2.81. The molecule has 1 heterocycles. The molecule has 132 valence electrons. The molecule has 1 N–H and O–H groups in total. The second-order valence-corrected chi connectivity index (χ2v) is 7.28. The molecule has 5 nitrogen and oxygen atoms in total. The van der Waals surface area contributed by atoms with E-state index in [-0.39, 0.29) is 17.3 Å². The Labute approximate surface area is 143 Å². The van der Waals surface area contributed by atoms with Crippen molar-refractivity contribution in [3.8, 4) is 5.75 Å². The predicted molar refractivity (Wildman–Crippen MR) is 90.0 cm³/mol. The van der Waals surface area contributed by atoms with Gasteiger partial charge in [0, 0.05) is 12.0 Å². The molecule has 1 aromatic carbocycles. The lowest BCUT2D eigenvalue weighted by Gasteiger charge is -2.27. The van der Waals surface area contributed by atoms with Gasteiger partial charge in [-0.2, -0.15) is 0 Å². The zero-order valence-electron chi connectivity index (χ0n) is 15.0. The van der Waals surface area contributed by atoms with Crippen molar-refractivity contribution in [1.29, 1.82) is 0 Å². The van der Waals surface area contributed by atoms with E-state index in [2.05, 4.69) is 18.6 Å². The van der Waals surface area contributed by atoms with Crippen molar-refractivity contribution in [3.05, 3.63) is 28.8 Å². The summed E-state index contributed by atoms with van der Waals surface area (Å²) < 4.78 is 9.94. The van der Waals surface area contributed by atoms with Crippen LogP contribution in [0.25, 0.3) is 0 Å². The molecule has 1 aliphatic rings. The number of carbonyl (C=O) groups is 2. The number of rotatable bonds is 6. The Morgan fingerprint density at radius 1 is 1.38 bits per heavy atom. The highest BCUT2D eigenvalue weighted by molar-refractivity contribution is 5.85. The standard InChI is InChI=1S/C19H26O5/c1-11(2)13-9-12(10-14-16(21)18(22)24-17(13)14)19(3,4)8-6-7-15(20)23-5/h9-11,16,21H,6-8H2,1-5H3. The first-order valence-corrected chi connectivity index (χ1v) is 8.32. The first kappa shape index (κ1) is 18.5. The minimum Gasteiger partial charge on any atom is -0.469 e. The zero-order chi connectivity index (χ0) is 18.1. The van der Waals surface area contributed by atoms with E-state index >= 15 is 0 Å². The molecule has 2 rings (SSSR count).